The second-order valence-corrected chi connectivity index (χ2v) is 6.75. The number of benzene rings is 1. The van der Waals surface area contributed by atoms with Crippen LogP contribution in [0.15, 0.2) is 36.5 Å². The highest BCUT2D eigenvalue weighted by molar-refractivity contribution is 7.12. The molecule has 116 valence electrons. The van der Waals surface area contributed by atoms with Gasteiger partial charge in [-0.25, -0.2) is 4.68 Å². The maximum absolute atomic E-state index is 8.88. The molecule has 0 aliphatic rings. The lowest BCUT2D eigenvalue weighted by molar-refractivity contribution is 0.839. The van der Waals surface area contributed by atoms with E-state index in [1.807, 2.05) is 23.0 Å². The zero-order chi connectivity index (χ0) is 16.4. The highest BCUT2D eigenvalue weighted by Gasteiger charge is 2.10. The molecule has 0 aliphatic heterocycles. The van der Waals surface area contributed by atoms with Crippen LogP contribution in [0.2, 0.25) is 0 Å². The van der Waals surface area contributed by atoms with Crippen LogP contribution in [-0.2, 0) is 6.54 Å². The van der Waals surface area contributed by atoms with Gasteiger partial charge in [-0.1, -0.05) is 12.1 Å². The third-order valence-corrected chi connectivity index (χ3v) is 4.82. The Hall–Kier alpha value is -2.58. The van der Waals surface area contributed by atoms with Gasteiger partial charge >= 0.3 is 0 Å². The molecule has 23 heavy (non-hydrogen) atoms. The van der Waals surface area contributed by atoms with Crippen molar-refractivity contribution in [3.05, 3.63) is 63.1 Å². The van der Waals surface area contributed by atoms with Crippen LogP contribution in [-0.4, -0.2) is 9.78 Å². The first-order valence-corrected chi connectivity index (χ1v) is 8.25. The average molecular weight is 322 g/mol. The van der Waals surface area contributed by atoms with Gasteiger partial charge in [0, 0.05) is 11.4 Å². The normalized spacial score (nSPS) is 10.5. The van der Waals surface area contributed by atoms with Crippen molar-refractivity contribution in [1.82, 2.24) is 9.78 Å². The minimum Gasteiger partial charge on any atom is -0.377 e. The number of anilines is 1. The van der Waals surface area contributed by atoms with Crippen LogP contribution in [0.4, 0.5) is 5.69 Å². The Morgan fingerprint density at radius 1 is 1.22 bits per heavy atom. The highest BCUT2D eigenvalue weighted by atomic mass is 32.1. The predicted octanol–water partition coefficient (Wildman–Crippen LogP) is 4.34. The molecule has 3 aromatic rings. The first-order valence-electron chi connectivity index (χ1n) is 7.43. The molecule has 0 amide bonds. The zero-order valence-corrected chi connectivity index (χ0v) is 14.2. The van der Waals surface area contributed by atoms with Gasteiger partial charge < -0.3 is 5.32 Å². The van der Waals surface area contributed by atoms with E-state index in [1.165, 1.54) is 22.5 Å². The number of aromatic nitrogens is 2. The number of rotatable bonds is 4. The van der Waals surface area contributed by atoms with Gasteiger partial charge in [0.25, 0.3) is 0 Å². The molecular formula is C18H18N4S. The lowest BCUT2D eigenvalue weighted by Crippen LogP contribution is -2.03. The molecule has 0 spiro atoms. The van der Waals surface area contributed by atoms with Crippen molar-refractivity contribution in [2.75, 3.05) is 5.32 Å². The van der Waals surface area contributed by atoms with Crippen LogP contribution < -0.4 is 5.32 Å². The van der Waals surface area contributed by atoms with Crippen molar-refractivity contribution in [1.29, 1.82) is 5.26 Å². The molecule has 0 unspecified atom stereocenters. The molecule has 0 aliphatic carbocycles. The van der Waals surface area contributed by atoms with E-state index in [9.17, 15) is 0 Å². The average Bonchev–Trinajstić information content (AvgIpc) is 3.14. The van der Waals surface area contributed by atoms with Gasteiger partial charge in [0.1, 0.15) is 10.9 Å². The monoisotopic (exact) mass is 322 g/mol. The van der Waals surface area contributed by atoms with Gasteiger partial charge in [0.05, 0.1) is 23.3 Å². The molecule has 0 fully saturated rings. The van der Waals surface area contributed by atoms with Gasteiger partial charge in [0.2, 0.25) is 0 Å². The fraction of sp³-hybridized carbons (Fsp3) is 0.222. The lowest BCUT2D eigenvalue weighted by atomic mass is 10.1. The smallest absolute Gasteiger partial charge is 0.110 e. The molecule has 4 nitrogen and oxygen atoms in total. The van der Waals surface area contributed by atoms with E-state index in [4.69, 9.17) is 5.26 Å². The molecule has 5 heteroatoms. The lowest BCUT2D eigenvalue weighted by Gasteiger charge is -2.10. The summed E-state index contributed by atoms with van der Waals surface area (Å²) in [6.45, 7) is 6.94. The van der Waals surface area contributed by atoms with E-state index in [0.717, 1.165) is 26.8 Å². The molecule has 3 rings (SSSR count). The molecule has 0 bridgehead atoms. The Bertz CT molecular complexity index is 883. The summed E-state index contributed by atoms with van der Waals surface area (Å²) in [7, 11) is 0. The predicted molar refractivity (Wildman–Crippen MR) is 94.1 cm³/mol. The van der Waals surface area contributed by atoms with Crippen molar-refractivity contribution in [2.45, 2.75) is 27.3 Å². The van der Waals surface area contributed by atoms with Crippen LogP contribution in [0.25, 0.3) is 5.69 Å². The number of thiophene rings is 1. The number of nitrogens with one attached hydrogen (secondary N) is 1. The quantitative estimate of drug-likeness (QED) is 0.777. The summed E-state index contributed by atoms with van der Waals surface area (Å²) in [5, 5.41) is 16.8. The van der Waals surface area contributed by atoms with E-state index in [1.54, 1.807) is 0 Å². The Kier molecular flexibility index (Phi) is 4.18. The fourth-order valence-electron chi connectivity index (χ4n) is 2.49. The molecule has 0 saturated heterocycles. The summed E-state index contributed by atoms with van der Waals surface area (Å²) in [6.07, 6.45) is 1.86. The van der Waals surface area contributed by atoms with Crippen LogP contribution in [0.3, 0.4) is 0 Å². The minimum absolute atomic E-state index is 0.700. The Balaban J connectivity index is 1.82. The fourth-order valence-corrected chi connectivity index (χ4v) is 3.23. The molecule has 2 heterocycles. The maximum atomic E-state index is 8.88. The van der Waals surface area contributed by atoms with Crippen LogP contribution in [0.1, 0.15) is 26.6 Å². The number of nitriles is 1. The van der Waals surface area contributed by atoms with Crippen molar-refractivity contribution >= 4 is 17.0 Å². The van der Waals surface area contributed by atoms with Crippen molar-refractivity contribution < 1.29 is 0 Å². The SMILES string of the molecule is Cc1ccc(C)c(-n2ncc(NCc3ccc(C#N)s3)c2C)c1. The standard InChI is InChI=1S/C18H18N4S/c1-12-4-5-13(2)18(8-12)22-14(3)17(11-21-22)20-10-16-7-6-15(9-19)23-16/h4-8,11,20H,10H2,1-3H3. The highest BCUT2D eigenvalue weighted by Crippen LogP contribution is 2.23. The second kappa shape index (κ2) is 6.27. The summed E-state index contributed by atoms with van der Waals surface area (Å²) in [6, 6.07) is 12.4. The summed E-state index contributed by atoms with van der Waals surface area (Å²) in [5.41, 5.74) is 5.62. The summed E-state index contributed by atoms with van der Waals surface area (Å²) >= 11 is 1.51. The van der Waals surface area contributed by atoms with E-state index >= 15 is 0 Å². The summed E-state index contributed by atoms with van der Waals surface area (Å²) in [5.74, 6) is 0. The third kappa shape index (κ3) is 3.13. The molecule has 0 atom stereocenters. The van der Waals surface area contributed by atoms with E-state index in [2.05, 4.69) is 55.5 Å². The molecule has 2 aromatic heterocycles. The van der Waals surface area contributed by atoms with Gasteiger partial charge in [-0.15, -0.1) is 11.3 Å². The van der Waals surface area contributed by atoms with Crippen LogP contribution in [0.5, 0.6) is 0 Å². The minimum atomic E-state index is 0.700. The number of hydrogen-bond donors (Lipinski definition) is 1. The first kappa shape index (κ1) is 15.3. The maximum Gasteiger partial charge on any atom is 0.110 e. The Labute approximate surface area is 140 Å². The van der Waals surface area contributed by atoms with E-state index in [0.29, 0.717) is 6.54 Å². The third-order valence-electron chi connectivity index (χ3n) is 3.83. The second-order valence-electron chi connectivity index (χ2n) is 5.58. The van der Waals surface area contributed by atoms with Crippen molar-refractivity contribution in [3.8, 4) is 11.8 Å². The largest absolute Gasteiger partial charge is 0.377 e. The Morgan fingerprint density at radius 3 is 2.78 bits per heavy atom. The van der Waals surface area contributed by atoms with Crippen LogP contribution in [0, 0.1) is 32.1 Å². The molecule has 0 saturated carbocycles. The van der Waals surface area contributed by atoms with Crippen molar-refractivity contribution in [3.63, 3.8) is 0 Å². The summed E-state index contributed by atoms with van der Waals surface area (Å²) in [4.78, 5) is 1.88. The van der Waals surface area contributed by atoms with E-state index < -0.39 is 0 Å². The van der Waals surface area contributed by atoms with Gasteiger partial charge in [-0.2, -0.15) is 10.4 Å². The zero-order valence-electron chi connectivity index (χ0n) is 13.4. The van der Waals surface area contributed by atoms with E-state index in [-0.39, 0.29) is 0 Å². The van der Waals surface area contributed by atoms with Crippen molar-refractivity contribution in [2.24, 2.45) is 0 Å². The topological polar surface area (TPSA) is 53.6 Å². The van der Waals surface area contributed by atoms with Crippen LogP contribution >= 0.6 is 11.3 Å². The number of aryl methyl sites for hydroxylation is 2. The molecule has 1 aromatic carbocycles. The number of hydrogen-bond acceptors (Lipinski definition) is 4. The number of nitrogens with zero attached hydrogens (tertiary/aromatic N) is 3. The van der Waals surface area contributed by atoms with Gasteiger partial charge in [0.15, 0.2) is 0 Å². The van der Waals surface area contributed by atoms with Gasteiger partial charge in [-0.3, -0.25) is 0 Å². The molecular weight excluding hydrogens is 304 g/mol. The Morgan fingerprint density at radius 2 is 2.04 bits per heavy atom. The first-order chi connectivity index (χ1) is 11.1. The van der Waals surface area contributed by atoms with Gasteiger partial charge in [-0.05, 0) is 50.1 Å². The molecule has 0 radical (unpaired) electrons. The molecule has 1 N–H and O–H groups in total. The summed E-state index contributed by atoms with van der Waals surface area (Å²) < 4.78 is 1.97.